The second-order valence-electron chi connectivity index (χ2n) is 4.67. The van der Waals surface area contributed by atoms with Crippen molar-refractivity contribution in [3.05, 3.63) is 34.9 Å². The summed E-state index contributed by atoms with van der Waals surface area (Å²) < 4.78 is 0. The van der Waals surface area contributed by atoms with Crippen molar-refractivity contribution in [3.8, 4) is 0 Å². The van der Waals surface area contributed by atoms with Gasteiger partial charge in [0.1, 0.15) is 6.04 Å². The van der Waals surface area contributed by atoms with Gasteiger partial charge in [0.15, 0.2) is 0 Å². The van der Waals surface area contributed by atoms with E-state index < -0.39 is 6.04 Å². The lowest BCUT2D eigenvalue weighted by Crippen LogP contribution is -2.38. The Kier molecular flexibility index (Phi) is 4.70. The maximum atomic E-state index is 11.6. The third-order valence-electron chi connectivity index (χ3n) is 3.09. The number of aryl methyl sites for hydroxylation is 2. The Labute approximate surface area is 103 Å². The number of primary amides is 1. The van der Waals surface area contributed by atoms with Crippen molar-refractivity contribution in [2.24, 2.45) is 5.73 Å². The summed E-state index contributed by atoms with van der Waals surface area (Å²) in [5.41, 5.74) is 8.71. The van der Waals surface area contributed by atoms with Crippen LogP contribution in [0.2, 0.25) is 0 Å². The quantitative estimate of drug-likeness (QED) is 0.820. The molecule has 1 aromatic carbocycles. The van der Waals surface area contributed by atoms with Crippen molar-refractivity contribution in [2.75, 3.05) is 0 Å². The van der Waals surface area contributed by atoms with E-state index in [9.17, 15) is 4.79 Å². The van der Waals surface area contributed by atoms with E-state index in [0.717, 1.165) is 23.1 Å². The predicted molar refractivity (Wildman–Crippen MR) is 70.7 cm³/mol. The fourth-order valence-corrected chi connectivity index (χ4v) is 1.80. The third kappa shape index (κ3) is 3.56. The lowest BCUT2D eigenvalue weighted by atomic mass is 9.97. The summed E-state index contributed by atoms with van der Waals surface area (Å²) in [7, 11) is 0. The Balaban J connectivity index is 3.05. The van der Waals surface area contributed by atoms with Gasteiger partial charge < -0.3 is 5.73 Å². The van der Waals surface area contributed by atoms with Gasteiger partial charge in [-0.1, -0.05) is 30.7 Å². The minimum Gasteiger partial charge on any atom is -0.368 e. The van der Waals surface area contributed by atoms with Gasteiger partial charge in [-0.2, -0.15) is 0 Å². The summed E-state index contributed by atoms with van der Waals surface area (Å²) in [6, 6.07) is 5.97. The maximum Gasteiger partial charge on any atom is 0.239 e. The van der Waals surface area contributed by atoms with Crippen LogP contribution in [0.5, 0.6) is 0 Å². The van der Waals surface area contributed by atoms with Crippen molar-refractivity contribution >= 4 is 5.91 Å². The fraction of sp³-hybridized carbons (Fsp3) is 0.500. The van der Waals surface area contributed by atoms with Crippen LogP contribution in [-0.2, 0) is 4.79 Å². The van der Waals surface area contributed by atoms with Gasteiger partial charge in [-0.25, -0.2) is 0 Å². The molecule has 0 fully saturated rings. The van der Waals surface area contributed by atoms with E-state index in [0.29, 0.717) is 0 Å². The molecular formula is C14H22N2O. The molecule has 2 atom stereocenters. The fourth-order valence-electron chi connectivity index (χ4n) is 1.80. The van der Waals surface area contributed by atoms with Crippen LogP contribution in [0.4, 0.5) is 0 Å². The Morgan fingerprint density at radius 3 is 2.59 bits per heavy atom. The molecule has 2 unspecified atom stereocenters. The third-order valence-corrected chi connectivity index (χ3v) is 3.09. The molecule has 0 spiro atoms. The number of carbonyl (C=O) groups excluding carboxylic acids is 1. The molecule has 1 amide bonds. The highest BCUT2D eigenvalue weighted by molar-refractivity contribution is 5.82. The normalized spacial score (nSPS) is 14.4. The summed E-state index contributed by atoms with van der Waals surface area (Å²) in [6.45, 7) is 8.16. The molecule has 0 saturated heterocycles. The largest absolute Gasteiger partial charge is 0.368 e. The zero-order chi connectivity index (χ0) is 13.0. The predicted octanol–water partition coefficient (Wildman–Crippen LogP) is 2.22. The highest BCUT2D eigenvalue weighted by atomic mass is 16.1. The van der Waals surface area contributed by atoms with Crippen molar-refractivity contribution < 1.29 is 4.79 Å². The molecule has 0 heterocycles. The van der Waals surface area contributed by atoms with E-state index in [4.69, 9.17) is 5.73 Å². The highest BCUT2D eigenvalue weighted by Gasteiger charge is 2.20. The van der Waals surface area contributed by atoms with Crippen LogP contribution in [0.1, 0.15) is 43.0 Å². The number of hydrogen-bond donors (Lipinski definition) is 2. The number of nitrogens with two attached hydrogens (primary N) is 1. The molecule has 1 rings (SSSR count). The summed E-state index contributed by atoms with van der Waals surface area (Å²) in [5, 5.41) is 3.28. The Morgan fingerprint density at radius 1 is 1.41 bits per heavy atom. The smallest absolute Gasteiger partial charge is 0.239 e. The molecule has 3 nitrogen and oxygen atoms in total. The molecule has 3 N–H and O–H groups in total. The van der Waals surface area contributed by atoms with Crippen LogP contribution >= 0.6 is 0 Å². The monoisotopic (exact) mass is 234 g/mol. The van der Waals surface area contributed by atoms with Crippen molar-refractivity contribution in [3.63, 3.8) is 0 Å². The molecule has 0 aliphatic rings. The molecule has 17 heavy (non-hydrogen) atoms. The summed E-state index contributed by atoms with van der Waals surface area (Å²) in [4.78, 5) is 11.6. The number of nitrogens with one attached hydrogen (secondary N) is 1. The second kappa shape index (κ2) is 5.82. The van der Waals surface area contributed by atoms with Gasteiger partial charge >= 0.3 is 0 Å². The molecule has 3 heteroatoms. The SMILES string of the molecule is CCC(C)NC(C(N)=O)c1cc(C)ccc1C. The molecular weight excluding hydrogens is 212 g/mol. The lowest BCUT2D eigenvalue weighted by Gasteiger charge is -2.22. The first kappa shape index (κ1) is 13.7. The summed E-state index contributed by atoms with van der Waals surface area (Å²) >= 11 is 0. The first-order chi connectivity index (χ1) is 7.95. The Morgan fingerprint density at radius 2 is 2.06 bits per heavy atom. The molecule has 1 aromatic rings. The van der Waals surface area contributed by atoms with E-state index in [1.165, 1.54) is 0 Å². The van der Waals surface area contributed by atoms with E-state index in [2.05, 4.69) is 19.2 Å². The second-order valence-corrected chi connectivity index (χ2v) is 4.67. The first-order valence-electron chi connectivity index (χ1n) is 6.08. The van der Waals surface area contributed by atoms with Crippen LogP contribution in [0.25, 0.3) is 0 Å². The standard InChI is InChI=1S/C14H22N2O/c1-5-11(4)16-13(14(15)17)12-8-9(2)6-7-10(12)3/h6-8,11,13,16H,5H2,1-4H3,(H2,15,17). The van der Waals surface area contributed by atoms with Gasteiger partial charge in [-0.15, -0.1) is 0 Å². The molecule has 0 saturated carbocycles. The van der Waals surface area contributed by atoms with Crippen molar-refractivity contribution in [1.82, 2.24) is 5.32 Å². The van der Waals surface area contributed by atoms with Crippen LogP contribution in [0, 0.1) is 13.8 Å². The van der Waals surface area contributed by atoms with Crippen LogP contribution < -0.4 is 11.1 Å². The van der Waals surface area contributed by atoms with Crippen LogP contribution in [0.3, 0.4) is 0 Å². The molecule has 0 aliphatic heterocycles. The molecule has 0 aliphatic carbocycles. The van der Waals surface area contributed by atoms with E-state index in [1.54, 1.807) is 0 Å². The molecule has 0 bridgehead atoms. The average molecular weight is 234 g/mol. The first-order valence-corrected chi connectivity index (χ1v) is 6.08. The molecule has 0 aromatic heterocycles. The van der Waals surface area contributed by atoms with E-state index in [-0.39, 0.29) is 11.9 Å². The van der Waals surface area contributed by atoms with Gasteiger partial charge in [0.25, 0.3) is 0 Å². The Bertz CT molecular complexity index is 401. The zero-order valence-corrected chi connectivity index (χ0v) is 11.1. The van der Waals surface area contributed by atoms with Crippen molar-refractivity contribution in [1.29, 1.82) is 0 Å². The minimum absolute atomic E-state index is 0.271. The summed E-state index contributed by atoms with van der Waals surface area (Å²) in [6.07, 6.45) is 0.967. The number of carbonyl (C=O) groups is 1. The van der Waals surface area contributed by atoms with E-state index in [1.807, 2.05) is 32.0 Å². The topological polar surface area (TPSA) is 55.1 Å². The zero-order valence-electron chi connectivity index (χ0n) is 11.1. The Hall–Kier alpha value is -1.35. The maximum absolute atomic E-state index is 11.6. The molecule has 0 radical (unpaired) electrons. The van der Waals surface area contributed by atoms with E-state index >= 15 is 0 Å². The number of benzene rings is 1. The highest BCUT2D eigenvalue weighted by Crippen LogP contribution is 2.20. The molecule has 94 valence electrons. The van der Waals surface area contributed by atoms with Crippen LogP contribution in [-0.4, -0.2) is 11.9 Å². The van der Waals surface area contributed by atoms with Crippen LogP contribution in [0.15, 0.2) is 18.2 Å². The number of rotatable bonds is 5. The van der Waals surface area contributed by atoms with Gasteiger partial charge in [0, 0.05) is 6.04 Å². The van der Waals surface area contributed by atoms with Gasteiger partial charge in [-0.05, 0) is 38.3 Å². The number of hydrogen-bond acceptors (Lipinski definition) is 2. The average Bonchev–Trinajstić information content (AvgIpc) is 2.28. The summed E-state index contributed by atoms with van der Waals surface area (Å²) in [5.74, 6) is -0.320. The van der Waals surface area contributed by atoms with Gasteiger partial charge in [-0.3, -0.25) is 10.1 Å². The lowest BCUT2D eigenvalue weighted by molar-refractivity contribution is -0.120. The minimum atomic E-state index is -0.398. The number of amides is 1. The van der Waals surface area contributed by atoms with Crippen molar-refractivity contribution in [2.45, 2.75) is 46.2 Å². The van der Waals surface area contributed by atoms with Gasteiger partial charge in [0.05, 0.1) is 0 Å². The van der Waals surface area contributed by atoms with Gasteiger partial charge in [0.2, 0.25) is 5.91 Å².